The molecule has 21 heavy (non-hydrogen) atoms. The molecule has 0 aliphatic carbocycles. The van der Waals surface area contributed by atoms with Crippen molar-refractivity contribution in [3.63, 3.8) is 0 Å². The van der Waals surface area contributed by atoms with Crippen molar-refractivity contribution in [1.82, 2.24) is 25.0 Å². The minimum atomic E-state index is 0.953. The van der Waals surface area contributed by atoms with Gasteiger partial charge in [-0.3, -0.25) is 10.1 Å². The molecule has 4 aromatic rings. The van der Waals surface area contributed by atoms with E-state index in [1.165, 1.54) is 0 Å². The number of hydrogen-bond acceptors (Lipinski definition) is 3. The summed E-state index contributed by atoms with van der Waals surface area (Å²) in [5.74, 6) is 0. The Bertz CT molecular complexity index is 905. The number of aromatic amines is 1. The van der Waals surface area contributed by atoms with Gasteiger partial charge in [-0.05, 0) is 36.8 Å². The molecule has 3 aromatic heterocycles. The fraction of sp³-hybridized carbons (Fsp3) is 0.0625. The van der Waals surface area contributed by atoms with Crippen LogP contribution in [0.25, 0.3) is 27.7 Å². The summed E-state index contributed by atoms with van der Waals surface area (Å²) in [5.41, 5.74) is 5.23. The highest BCUT2D eigenvalue weighted by atomic mass is 15.3. The Hall–Kier alpha value is -2.95. The lowest BCUT2D eigenvalue weighted by atomic mass is 10.1. The van der Waals surface area contributed by atoms with Crippen molar-refractivity contribution in [1.29, 1.82) is 0 Å². The van der Waals surface area contributed by atoms with Gasteiger partial charge in [0.2, 0.25) is 0 Å². The van der Waals surface area contributed by atoms with Crippen LogP contribution in [0.15, 0.2) is 55.1 Å². The van der Waals surface area contributed by atoms with Crippen molar-refractivity contribution < 1.29 is 0 Å². The summed E-state index contributed by atoms with van der Waals surface area (Å²) in [6.45, 7) is 2.02. The molecular formula is C16H13N5. The predicted octanol–water partition coefficient (Wildman–Crippen LogP) is 3.12. The first-order valence-electron chi connectivity index (χ1n) is 6.71. The molecular weight excluding hydrogens is 262 g/mol. The fourth-order valence-electron chi connectivity index (χ4n) is 2.46. The Kier molecular flexibility index (Phi) is 2.57. The van der Waals surface area contributed by atoms with Gasteiger partial charge < -0.3 is 0 Å². The zero-order valence-corrected chi connectivity index (χ0v) is 11.5. The standard InChI is InChI=1S/C16H13N5/c1-11-15(9-18-19-11)12-4-5-16-13(7-12)10-21(20-16)14-3-2-6-17-8-14/h2-10H,1H3,(H,18,19). The van der Waals surface area contributed by atoms with Gasteiger partial charge in [0.25, 0.3) is 0 Å². The molecule has 1 aromatic carbocycles. The van der Waals surface area contributed by atoms with E-state index in [0.717, 1.165) is 33.4 Å². The van der Waals surface area contributed by atoms with Crippen LogP contribution in [0.3, 0.4) is 0 Å². The molecule has 0 saturated carbocycles. The van der Waals surface area contributed by atoms with Crippen molar-refractivity contribution in [2.24, 2.45) is 0 Å². The van der Waals surface area contributed by atoms with Crippen LogP contribution in [0, 0.1) is 6.92 Å². The first-order valence-corrected chi connectivity index (χ1v) is 6.71. The van der Waals surface area contributed by atoms with E-state index < -0.39 is 0 Å². The molecule has 1 N–H and O–H groups in total. The van der Waals surface area contributed by atoms with Gasteiger partial charge in [0.05, 0.1) is 23.6 Å². The van der Waals surface area contributed by atoms with Crippen molar-refractivity contribution in [3.05, 3.63) is 60.8 Å². The molecule has 0 amide bonds. The molecule has 0 radical (unpaired) electrons. The lowest BCUT2D eigenvalue weighted by Crippen LogP contribution is -1.93. The Morgan fingerprint density at radius 1 is 1.14 bits per heavy atom. The summed E-state index contributed by atoms with van der Waals surface area (Å²) in [6.07, 6.45) is 7.42. The molecule has 0 unspecified atom stereocenters. The normalized spacial score (nSPS) is 11.1. The average Bonchev–Trinajstić information content (AvgIpc) is 3.13. The zero-order chi connectivity index (χ0) is 14.2. The lowest BCUT2D eigenvalue weighted by molar-refractivity contribution is 0.889. The van der Waals surface area contributed by atoms with E-state index in [9.17, 15) is 0 Å². The Labute approximate surface area is 121 Å². The van der Waals surface area contributed by atoms with E-state index in [-0.39, 0.29) is 0 Å². The summed E-state index contributed by atoms with van der Waals surface area (Å²) < 4.78 is 1.85. The number of H-pyrrole nitrogens is 1. The highest BCUT2D eigenvalue weighted by Gasteiger charge is 2.07. The van der Waals surface area contributed by atoms with Gasteiger partial charge >= 0.3 is 0 Å². The molecule has 0 bridgehead atoms. The van der Waals surface area contributed by atoms with Crippen LogP contribution < -0.4 is 0 Å². The fourth-order valence-corrected chi connectivity index (χ4v) is 2.46. The minimum absolute atomic E-state index is 0.953. The number of aryl methyl sites for hydroxylation is 1. The zero-order valence-electron chi connectivity index (χ0n) is 11.5. The Morgan fingerprint density at radius 2 is 2.10 bits per heavy atom. The van der Waals surface area contributed by atoms with Crippen molar-refractivity contribution >= 4 is 10.9 Å². The smallest absolute Gasteiger partial charge is 0.0928 e. The largest absolute Gasteiger partial charge is 0.282 e. The van der Waals surface area contributed by atoms with Crippen LogP contribution in [0.5, 0.6) is 0 Å². The van der Waals surface area contributed by atoms with Crippen LogP contribution >= 0.6 is 0 Å². The van der Waals surface area contributed by atoms with Gasteiger partial charge in [-0.25, -0.2) is 4.68 Å². The molecule has 0 fully saturated rings. The number of nitrogens with one attached hydrogen (secondary N) is 1. The molecule has 0 saturated heterocycles. The van der Waals surface area contributed by atoms with E-state index in [4.69, 9.17) is 0 Å². The summed E-state index contributed by atoms with van der Waals surface area (Å²) >= 11 is 0. The quantitative estimate of drug-likeness (QED) is 0.611. The number of pyridine rings is 1. The lowest BCUT2D eigenvalue weighted by Gasteiger charge is -1.98. The molecule has 3 heterocycles. The Morgan fingerprint density at radius 3 is 2.86 bits per heavy atom. The molecule has 4 rings (SSSR count). The SMILES string of the molecule is Cc1[nH]ncc1-c1ccc2nn(-c3cccnc3)cc2c1. The van der Waals surface area contributed by atoms with E-state index in [1.54, 1.807) is 12.4 Å². The number of hydrogen-bond donors (Lipinski definition) is 1. The van der Waals surface area contributed by atoms with E-state index >= 15 is 0 Å². The van der Waals surface area contributed by atoms with E-state index in [1.807, 2.05) is 42.2 Å². The van der Waals surface area contributed by atoms with Crippen molar-refractivity contribution in [2.45, 2.75) is 6.92 Å². The van der Waals surface area contributed by atoms with Crippen molar-refractivity contribution in [3.8, 4) is 16.8 Å². The third-order valence-electron chi connectivity index (χ3n) is 3.56. The van der Waals surface area contributed by atoms with Gasteiger partial charge in [-0.15, -0.1) is 0 Å². The van der Waals surface area contributed by atoms with Crippen LogP contribution in [0.1, 0.15) is 5.69 Å². The van der Waals surface area contributed by atoms with Gasteiger partial charge in [0, 0.05) is 29.0 Å². The van der Waals surface area contributed by atoms with Gasteiger partial charge in [-0.1, -0.05) is 6.07 Å². The third-order valence-corrected chi connectivity index (χ3v) is 3.56. The number of rotatable bonds is 2. The molecule has 5 nitrogen and oxygen atoms in total. The van der Waals surface area contributed by atoms with Crippen LogP contribution in [-0.2, 0) is 0 Å². The monoisotopic (exact) mass is 275 g/mol. The molecule has 0 atom stereocenters. The minimum Gasteiger partial charge on any atom is -0.282 e. The molecule has 102 valence electrons. The Balaban J connectivity index is 1.84. The molecule has 5 heteroatoms. The maximum atomic E-state index is 4.58. The summed E-state index contributed by atoms with van der Waals surface area (Å²) in [5, 5.41) is 12.7. The van der Waals surface area contributed by atoms with E-state index in [2.05, 4.69) is 32.4 Å². The second-order valence-corrected chi connectivity index (χ2v) is 4.97. The molecule has 0 aliphatic heterocycles. The van der Waals surface area contributed by atoms with Crippen LogP contribution in [0.4, 0.5) is 0 Å². The topological polar surface area (TPSA) is 59.4 Å². The molecule has 0 spiro atoms. The predicted molar refractivity (Wildman–Crippen MR) is 81.2 cm³/mol. The number of nitrogens with zero attached hydrogens (tertiary/aromatic N) is 4. The van der Waals surface area contributed by atoms with Gasteiger partial charge in [0.15, 0.2) is 0 Å². The van der Waals surface area contributed by atoms with Gasteiger partial charge in [-0.2, -0.15) is 10.2 Å². The number of fused-ring (bicyclic) bond motifs is 1. The third kappa shape index (κ3) is 1.99. The number of aromatic nitrogens is 5. The first-order chi connectivity index (χ1) is 10.3. The first kappa shape index (κ1) is 11.8. The highest BCUT2D eigenvalue weighted by Crippen LogP contribution is 2.25. The number of benzene rings is 1. The maximum Gasteiger partial charge on any atom is 0.0928 e. The van der Waals surface area contributed by atoms with Crippen LogP contribution in [0.2, 0.25) is 0 Å². The summed E-state index contributed by atoms with van der Waals surface area (Å²) in [7, 11) is 0. The van der Waals surface area contributed by atoms with Crippen LogP contribution in [-0.4, -0.2) is 25.0 Å². The molecule has 0 aliphatic rings. The highest BCUT2D eigenvalue weighted by molar-refractivity contribution is 5.84. The second kappa shape index (κ2) is 4.56. The average molecular weight is 275 g/mol. The van der Waals surface area contributed by atoms with Crippen molar-refractivity contribution in [2.75, 3.05) is 0 Å². The second-order valence-electron chi connectivity index (χ2n) is 4.97. The van der Waals surface area contributed by atoms with Gasteiger partial charge in [0.1, 0.15) is 0 Å². The van der Waals surface area contributed by atoms with E-state index in [0.29, 0.717) is 0 Å². The maximum absolute atomic E-state index is 4.58. The summed E-state index contributed by atoms with van der Waals surface area (Å²) in [6, 6.07) is 10.1. The summed E-state index contributed by atoms with van der Waals surface area (Å²) in [4.78, 5) is 4.13.